The SMILES string of the molecule is COCCONC(=O)CC(F)(F)F. The van der Waals surface area contributed by atoms with Crippen molar-refractivity contribution in [1.82, 2.24) is 5.48 Å². The maximum absolute atomic E-state index is 11.5. The minimum absolute atomic E-state index is 0.0140. The Kier molecular flexibility index (Phi) is 5.40. The van der Waals surface area contributed by atoms with Crippen LogP contribution in [0.1, 0.15) is 6.42 Å². The van der Waals surface area contributed by atoms with Crippen LogP contribution in [0, 0.1) is 0 Å². The van der Waals surface area contributed by atoms with E-state index in [0.717, 1.165) is 0 Å². The third kappa shape index (κ3) is 9.09. The van der Waals surface area contributed by atoms with E-state index in [1.165, 1.54) is 7.11 Å². The van der Waals surface area contributed by atoms with Crippen LogP contribution in [0.5, 0.6) is 0 Å². The Hall–Kier alpha value is -0.820. The van der Waals surface area contributed by atoms with Gasteiger partial charge in [0.2, 0.25) is 0 Å². The minimum Gasteiger partial charge on any atom is -0.382 e. The molecule has 0 saturated carbocycles. The number of amides is 1. The smallest absolute Gasteiger partial charge is 0.382 e. The van der Waals surface area contributed by atoms with Gasteiger partial charge in [0.15, 0.2) is 0 Å². The van der Waals surface area contributed by atoms with E-state index in [9.17, 15) is 18.0 Å². The number of nitrogens with one attached hydrogen (secondary N) is 1. The molecule has 0 atom stereocenters. The Morgan fingerprint density at radius 2 is 2.00 bits per heavy atom. The van der Waals surface area contributed by atoms with Crippen molar-refractivity contribution in [3.05, 3.63) is 0 Å². The second kappa shape index (κ2) is 5.76. The van der Waals surface area contributed by atoms with E-state index in [2.05, 4.69) is 9.57 Å². The number of hydrogen-bond donors (Lipinski definition) is 1. The third-order valence-electron chi connectivity index (χ3n) is 0.937. The molecule has 0 aromatic rings. The molecule has 0 radical (unpaired) electrons. The molecule has 4 nitrogen and oxygen atoms in total. The van der Waals surface area contributed by atoms with Crippen LogP contribution < -0.4 is 5.48 Å². The number of hydroxylamine groups is 1. The zero-order chi connectivity index (χ0) is 10.3. The van der Waals surface area contributed by atoms with Crippen molar-refractivity contribution in [2.75, 3.05) is 20.3 Å². The number of alkyl halides is 3. The molecule has 1 N–H and O–H groups in total. The number of rotatable bonds is 5. The van der Waals surface area contributed by atoms with Gasteiger partial charge in [-0.05, 0) is 0 Å². The molecule has 0 fully saturated rings. The van der Waals surface area contributed by atoms with Crippen molar-refractivity contribution in [2.24, 2.45) is 0 Å². The fraction of sp³-hybridized carbons (Fsp3) is 0.833. The standard InChI is InChI=1S/C6H10F3NO3/c1-12-2-3-13-10-5(11)4-6(7,8)9/h2-4H2,1H3,(H,10,11). The lowest BCUT2D eigenvalue weighted by Gasteiger charge is -2.07. The maximum atomic E-state index is 11.5. The van der Waals surface area contributed by atoms with Crippen LogP contribution >= 0.6 is 0 Å². The maximum Gasteiger partial charge on any atom is 0.397 e. The fourth-order valence-corrected chi connectivity index (χ4v) is 0.475. The topological polar surface area (TPSA) is 47.6 Å². The Balaban J connectivity index is 3.41. The Morgan fingerprint density at radius 1 is 1.38 bits per heavy atom. The van der Waals surface area contributed by atoms with Crippen molar-refractivity contribution in [2.45, 2.75) is 12.6 Å². The van der Waals surface area contributed by atoms with Gasteiger partial charge in [-0.1, -0.05) is 0 Å². The Bertz CT molecular complexity index is 160. The molecule has 0 aliphatic heterocycles. The monoisotopic (exact) mass is 201 g/mol. The number of ether oxygens (including phenoxy) is 1. The average Bonchev–Trinajstić information content (AvgIpc) is 1.94. The highest BCUT2D eigenvalue weighted by Gasteiger charge is 2.31. The van der Waals surface area contributed by atoms with Crippen molar-refractivity contribution >= 4 is 5.91 Å². The number of hydrogen-bond acceptors (Lipinski definition) is 3. The van der Waals surface area contributed by atoms with Gasteiger partial charge in [0.05, 0.1) is 13.2 Å². The van der Waals surface area contributed by atoms with Crippen LogP contribution in [-0.4, -0.2) is 32.4 Å². The van der Waals surface area contributed by atoms with Gasteiger partial charge in [-0.15, -0.1) is 0 Å². The first-order valence-electron chi connectivity index (χ1n) is 3.42. The first-order chi connectivity index (χ1) is 5.95. The zero-order valence-electron chi connectivity index (χ0n) is 6.98. The van der Waals surface area contributed by atoms with Gasteiger partial charge in [-0.3, -0.25) is 9.63 Å². The molecule has 78 valence electrons. The fourth-order valence-electron chi connectivity index (χ4n) is 0.475. The van der Waals surface area contributed by atoms with Crippen LogP contribution in [0.15, 0.2) is 0 Å². The van der Waals surface area contributed by atoms with Crippen molar-refractivity contribution in [3.8, 4) is 0 Å². The largest absolute Gasteiger partial charge is 0.397 e. The van der Waals surface area contributed by atoms with Crippen LogP contribution in [0.4, 0.5) is 13.2 Å². The molecule has 0 aliphatic carbocycles. The van der Waals surface area contributed by atoms with E-state index < -0.39 is 18.5 Å². The zero-order valence-corrected chi connectivity index (χ0v) is 6.98. The number of methoxy groups -OCH3 is 1. The van der Waals surface area contributed by atoms with Gasteiger partial charge in [-0.2, -0.15) is 13.2 Å². The van der Waals surface area contributed by atoms with E-state index in [1.807, 2.05) is 0 Å². The second-order valence-corrected chi connectivity index (χ2v) is 2.16. The summed E-state index contributed by atoms with van der Waals surface area (Å²) in [5, 5.41) is 0. The summed E-state index contributed by atoms with van der Waals surface area (Å²) in [6, 6.07) is 0. The summed E-state index contributed by atoms with van der Waals surface area (Å²) >= 11 is 0. The predicted octanol–water partition coefficient (Wildman–Crippen LogP) is 0.633. The Labute approximate surface area is 73.0 Å². The first kappa shape index (κ1) is 12.2. The van der Waals surface area contributed by atoms with Gasteiger partial charge in [0.25, 0.3) is 5.91 Å². The molecule has 0 unspecified atom stereocenters. The molecular formula is C6H10F3NO3. The van der Waals surface area contributed by atoms with Crippen molar-refractivity contribution in [1.29, 1.82) is 0 Å². The minimum atomic E-state index is -4.51. The quantitative estimate of drug-likeness (QED) is 0.524. The van der Waals surface area contributed by atoms with Crippen LogP contribution in [0.3, 0.4) is 0 Å². The van der Waals surface area contributed by atoms with E-state index in [-0.39, 0.29) is 13.2 Å². The van der Waals surface area contributed by atoms with E-state index in [4.69, 9.17) is 0 Å². The summed E-state index contributed by atoms with van der Waals surface area (Å²) < 4.78 is 39.1. The van der Waals surface area contributed by atoms with Crippen LogP contribution in [-0.2, 0) is 14.4 Å². The van der Waals surface area contributed by atoms with Crippen molar-refractivity contribution in [3.63, 3.8) is 0 Å². The molecule has 0 aromatic heterocycles. The highest BCUT2D eigenvalue weighted by atomic mass is 19.4. The molecule has 0 aromatic carbocycles. The molecule has 0 spiro atoms. The molecule has 7 heteroatoms. The van der Waals surface area contributed by atoms with Crippen molar-refractivity contribution < 1.29 is 27.5 Å². The van der Waals surface area contributed by atoms with Crippen LogP contribution in [0.25, 0.3) is 0 Å². The third-order valence-corrected chi connectivity index (χ3v) is 0.937. The summed E-state index contributed by atoms with van der Waals surface area (Å²) in [5.74, 6) is -1.22. The predicted molar refractivity (Wildman–Crippen MR) is 36.6 cm³/mol. The lowest BCUT2D eigenvalue weighted by molar-refractivity contribution is -0.162. The van der Waals surface area contributed by atoms with E-state index in [0.29, 0.717) is 0 Å². The van der Waals surface area contributed by atoms with E-state index >= 15 is 0 Å². The lowest BCUT2D eigenvalue weighted by Crippen LogP contribution is -2.29. The molecule has 0 saturated heterocycles. The molecular weight excluding hydrogens is 191 g/mol. The van der Waals surface area contributed by atoms with Gasteiger partial charge < -0.3 is 4.74 Å². The van der Waals surface area contributed by atoms with Gasteiger partial charge in [0, 0.05) is 7.11 Å². The molecule has 0 aliphatic rings. The van der Waals surface area contributed by atoms with Gasteiger partial charge in [-0.25, -0.2) is 5.48 Å². The number of carbonyl (C=O) groups is 1. The number of carbonyl (C=O) groups excluding carboxylic acids is 1. The van der Waals surface area contributed by atoms with Crippen LogP contribution in [0.2, 0.25) is 0 Å². The van der Waals surface area contributed by atoms with E-state index in [1.54, 1.807) is 5.48 Å². The first-order valence-corrected chi connectivity index (χ1v) is 3.42. The second-order valence-electron chi connectivity index (χ2n) is 2.16. The molecule has 13 heavy (non-hydrogen) atoms. The normalized spacial score (nSPS) is 11.4. The summed E-state index contributed by atoms with van der Waals surface area (Å²) in [4.78, 5) is 14.8. The summed E-state index contributed by atoms with van der Waals surface area (Å²) in [7, 11) is 1.40. The van der Waals surface area contributed by atoms with Gasteiger partial charge >= 0.3 is 6.18 Å². The van der Waals surface area contributed by atoms with Gasteiger partial charge in [0.1, 0.15) is 6.42 Å². The average molecular weight is 201 g/mol. The number of halogens is 3. The lowest BCUT2D eigenvalue weighted by atomic mass is 10.4. The molecule has 0 rings (SSSR count). The molecule has 1 amide bonds. The summed E-state index contributed by atoms with van der Waals surface area (Å²) in [6.07, 6.45) is -6.05. The molecule has 0 bridgehead atoms. The molecule has 0 heterocycles. The summed E-state index contributed by atoms with van der Waals surface area (Å²) in [6.45, 7) is 0.215. The highest BCUT2D eigenvalue weighted by molar-refractivity contribution is 5.75. The summed E-state index contributed by atoms with van der Waals surface area (Å²) in [5.41, 5.74) is 1.64. The Morgan fingerprint density at radius 3 is 2.46 bits per heavy atom. The highest BCUT2D eigenvalue weighted by Crippen LogP contribution is 2.18.